The maximum absolute atomic E-state index is 12.9. The zero-order chi connectivity index (χ0) is 19.9. The molecule has 148 valence electrons. The van der Waals surface area contributed by atoms with Crippen LogP contribution in [0.5, 0.6) is 5.75 Å². The van der Waals surface area contributed by atoms with Gasteiger partial charge in [0.1, 0.15) is 5.75 Å². The van der Waals surface area contributed by atoms with Crippen LogP contribution in [0.4, 0.5) is 11.4 Å². The van der Waals surface area contributed by atoms with Gasteiger partial charge in [-0.2, -0.15) is 0 Å². The van der Waals surface area contributed by atoms with Gasteiger partial charge in [-0.25, -0.2) is 8.42 Å². The lowest BCUT2D eigenvalue weighted by Gasteiger charge is -2.32. The molecular weight excluding hydrogens is 376 g/mol. The number of ether oxygens (including phenoxy) is 1. The van der Waals surface area contributed by atoms with Crippen molar-refractivity contribution in [3.8, 4) is 5.75 Å². The van der Waals surface area contributed by atoms with E-state index in [1.165, 1.54) is 7.11 Å². The van der Waals surface area contributed by atoms with E-state index >= 15 is 0 Å². The molecule has 6 nitrogen and oxygen atoms in total. The molecule has 1 saturated carbocycles. The molecule has 2 aromatic rings. The highest BCUT2D eigenvalue weighted by Gasteiger charge is 2.37. The molecule has 1 atom stereocenters. The molecule has 0 aromatic heterocycles. The minimum absolute atomic E-state index is 0.0447. The van der Waals surface area contributed by atoms with Crippen LogP contribution in [0.2, 0.25) is 0 Å². The van der Waals surface area contributed by atoms with Gasteiger partial charge in [0.25, 0.3) is 10.0 Å². The number of anilines is 2. The first-order valence-electron chi connectivity index (χ1n) is 9.52. The van der Waals surface area contributed by atoms with Crippen molar-refractivity contribution in [3.63, 3.8) is 0 Å². The predicted molar refractivity (Wildman–Crippen MR) is 108 cm³/mol. The normalized spacial score (nSPS) is 19.1. The Morgan fingerprint density at radius 3 is 2.61 bits per heavy atom. The topological polar surface area (TPSA) is 75.7 Å². The number of rotatable bonds is 5. The maximum Gasteiger partial charge on any atom is 0.262 e. The third-order valence-corrected chi connectivity index (χ3v) is 6.98. The molecule has 0 radical (unpaired) electrons. The predicted octanol–water partition coefficient (Wildman–Crippen LogP) is 3.57. The summed E-state index contributed by atoms with van der Waals surface area (Å²) < 4.78 is 33.6. The SMILES string of the molecule is COc1ccccc1NS(=O)(=O)c1ccc2c(c1)CC(C)N2C(=O)C1CCC1. The first kappa shape index (κ1) is 18.8. The summed E-state index contributed by atoms with van der Waals surface area (Å²) in [6, 6.07) is 11.9. The molecule has 1 amide bonds. The monoisotopic (exact) mass is 400 g/mol. The molecule has 2 aromatic carbocycles. The van der Waals surface area contributed by atoms with Crippen molar-refractivity contribution in [2.24, 2.45) is 5.92 Å². The van der Waals surface area contributed by atoms with E-state index in [9.17, 15) is 13.2 Å². The van der Waals surface area contributed by atoms with E-state index in [-0.39, 0.29) is 22.8 Å². The first-order valence-corrected chi connectivity index (χ1v) is 11.0. The number of para-hydroxylation sites is 2. The van der Waals surface area contributed by atoms with Crippen LogP contribution in [-0.4, -0.2) is 27.5 Å². The number of nitrogens with one attached hydrogen (secondary N) is 1. The number of methoxy groups -OCH3 is 1. The van der Waals surface area contributed by atoms with E-state index in [1.54, 1.807) is 42.5 Å². The van der Waals surface area contributed by atoms with Gasteiger partial charge in [0, 0.05) is 17.6 Å². The lowest BCUT2D eigenvalue weighted by atomic mass is 9.84. The minimum Gasteiger partial charge on any atom is -0.495 e. The number of benzene rings is 2. The van der Waals surface area contributed by atoms with Crippen LogP contribution in [0.15, 0.2) is 47.4 Å². The van der Waals surface area contributed by atoms with Crippen molar-refractivity contribution in [1.29, 1.82) is 0 Å². The number of hydrogen-bond acceptors (Lipinski definition) is 4. The largest absolute Gasteiger partial charge is 0.495 e. The Morgan fingerprint density at radius 2 is 1.93 bits per heavy atom. The Morgan fingerprint density at radius 1 is 1.18 bits per heavy atom. The summed E-state index contributed by atoms with van der Waals surface area (Å²) >= 11 is 0. The Kier molecular flexibility index (Phi) is 4.79. The average molecular weight is 401 g/mol. The Bertz CT molecular complexity index is 1010. The molecule has 0 spiro atoms. The second-order valence-corrected chi connectivity index (χ2v) is 9.17. The van der Waals surface area contributed by atoms with Crippen molar-refractivity contribution in [2.45, 2.75) is 43.5 Å². The Hall–Kier alpha value is -2.54. The van der Waals surface area contributed by atoms with Crippen LogP contribution in [-0.2, 0) is 21.2 Å². The van der Waals surface area contributed by atoms with Gasteiger partial charge < -0.3 is 9.64 Å². The Balaban J connectivity index is 1.62. The van der Waals surface area contributed by atoms with Crippen molar-refractivity contribution in [2.75, 3.05) is 16.7 Å². The van der Waals surface area contributed by atoms with Gasteiger partial charge in [0.15, 0.2) is 0 Å². The van der Waals surface area contributed by atoms with Gasteiger partial charge in [0.05, 0.1) is 17.7 Å². The summed E-state index contributed by atoms with van der Waals surface area (Å²) in [6.45, 7) is 2.01. The van der Waals surface area contributed by atoms with Crippen LogP contribution < -0.4 is 14.4 Å². The van der Waals surface area contributed by atoms with E-state index in [2.05, 4.69) is 4.72 Å². The highest BCUT2D eigenvalue weighted by molar-refractivity contribution is 7.92. The number of carbonyl (C=O) groups is 1. The van der Waals surface area contributed by atoms with Crippen molar-refractivity contribution >= 4 is 27.3 Å². The highest BCUT2D eigenvalue weighted by Crippen LogP contribution is 2.38. The van der Waals surface area contributed by atoms with E-state index < -0.39 is 10.0 Å². The molecule has 0 bridgehead atoms. The van der Waals surface area contributed by atoms with Gasteiger partial charge >= 0.3 is 0 Å². The van der Waals surface area contributed by atoms with Crippen LogP contribution in [0, 0.1) is 5.92 Å². The standard InChI is InChI=1S/C21H24N2O4S/c1-14-12-16-13-17(10-11-19(16)23(14)21(24)15-6-5-7-15)28(25,26)22-18-8-3-4-9-20(18)27-2/h3-4,8-11,13-15,22H,5-7,12H2,1-2H3. The maximum atomic E-state index is 12.9. The van der Waals surface area contributed by atoms with Crippen LogP contribution in [0.1, 0.15) is 31.7 Å². The molecule has 1 heterocycles. The number of sulfonamides is 1. The molecule has 1 fully saturated rings. The summed E-state index contributed by atoms with van der Waals surface area (Å²) in [5.41, 5.74) is 2.12. The average Bonchev–Trinajstić information content (AvgIpc) is 2.95. The molecule has 4 rings (SSSR count). The molecule has 28 heavy (non-hydrogen) atoms. The second-order valence-electron chi connectivity index (χ2n) is 7.49. The number of amides is 1. The van der Waals surface area contributed by atoms with Gasteiger partial charge in [-0.3, -0.25) is 9.52 Å². The number of nitrogens with zero attached hydrogens (tertiary/aromatic N) is 1. The molecule has 1 N–H and O–H groups in total. The fraction of sp³-hybridized carbons (Fsp3) is 0.381. The summed E-state index contributed by atoms with van der Waals surface area (Å²) in [6.07, 6.45) is 3.67. The zero-order valence-electron chi connectivity index (χ0n) is 16.0. The highest BCUT2D eigenvalue weighted by atomic mass is 32.2. The lowest BCUT2D eigenvalue weighted by molar-refractivity contribution is -0.125. The van der Waals surface area contributed by atoms with Crippen molar-refractivity contribution in [3.05, 3.63) is 48.0 Å². The first-order chi connectivity index (χ1) is 13.4. The van der Waals surface area contributed by atoms with E-state index in [1.807, 2.05) is 11.8 Å². The fourth-order valence-electron chi connectivity index (χ4n) is 3.89. The zero-order valence-corrected chi connectivity index (χ0v) is 16.8. The third-order valence-electron chi connectivity index (χ3n) is 5.62. The number of fused-ring (bicyclic) bond motifs is 1. The summed E-state index contributed by atoms with van der Waals surface area (Å²) in [4.78, 5) is 14.8. The summed E-state index contributed by atoms with van der Waals surface area (Å²) in [5.74, 6) is 0.738. The summed E-state index contributed by atoms with van der Waals surface area (Å²) in [5, 5.41) is 0. The number of carbonyl (C=O) groups excluding carboxylic acids is 1. The molecule has 1 unspecified atom stereocenters. The summed E-state index contributed by atoms with van der Waals surface area (Å²) in [7, 11) is -2.27. The van der Waals surface area contributed by atoms with Gasteiger partial charge in [0.2, 0.25) is 5.91 Å². The van der Waals surface area contributed by atoms with Crippen molar-refractivity contribution < 1.29 is 17.9 Å². The quantitative estimate of drug-likeness (QED) is 0.832. The number of hydrogen-bond donors (Lipinski definition) is 1. The minimum atomic E-state index is -3.77. The van der Waals surface area contributed by atoms with Gasteiger partial charge in [-0.1, -0.05) is 18.6 Å². The smallest absolute Gasteiger partial charge is 0.262 e. The van der Waals surface area contributed by atoms with Crippen LogP contribution in [0.3, 0.4) is 0 Å². The van der Waals surface area contributed by atoms with E-state index in [4.69, 9.17) is 4.74 Å². The molecule has 2 aliphatic rings. The second kappa shape index (κ2) is 7.13. The van der Waals surface area contributed by atoms with E-state index in [0.717, 1.165) is 30.5 Å². The molecule has 7 heteroatoms. The van der Waals surface area contributed by atoms with Crippen LogP contribution in [0.25, 0.3) is 0 Å². The molecular formula is C21H24N2O4S. The third kappa shape index (κ3) is 3.24. The van der Waals surface area contributed by atoms with Crippen LogP contribution >= 0.6 is 0 Å². The molecule has 0 saturated heterocycles. The molecule has 1 aliphatic carbocycles. The Labute approximate surface area is 165 Å². The lowest BCUT2D eigenvalue weighted by Crippen LogP contribution is -2.42. The van der Waals surface area contributed by atoms with E-state index in [0.29, 0.717) is 17.9 Å². The molecule has 1 aliphatic heterocycles. The van der Waals surface area contributed by atoms with Crippen molar-refractivity contribution in [1.82, 2.24) is 0 Å². The van der Waals surface area contributed by atoms with Gasteiger partial charge in [-0.15, -0.1) is 0 Å². The fourth-order valence-corrected chi connectivity index (χ4v) is 5.02. The van der Waals surface area contributed by atoms with Gasteiger partial charge in [-0.05, 0) is 62.1 Å².